The molecule has 1 aromatic rings. The van der Waals surface area contributed by atoms with E-state index in [4.69, 9.17) is 23.2 Å². The molecule has 1 atom stereocenters. The molecule has 1 aliphatic heterocycles. The van der Waals surface area contributed by atoms with Crippen LogP contribution in [0.3, 0.4) is 0 Å². The maximum Gasteiger partial charge on any atom is 0.416 e. The lowest BCUT2D eigenvalue weighted by Crippen LogP contribution is -2.37. The summed E-state index contributed by atoms with van der Waals surface area (Å²) in [6.45, 7) is -0.754. The minimum absolute atomic E-state index is 0.420. The molecule has 0 aliphatic carbocycles. The lowest BCUT2D eigenvalue weighted by atomic mass is 10.1. The first-order valence-corrected chi connectivity index (χ1v) is 6.39. The molecule has 0 bridgehead atoms. The Morgan fingerprint density at radius 1 is 1.09 bits per heavy atom. The summed E-state index contributed by atoms with van der Waals surface area (Å²) < 4.78 is 75.6. The quantitative estimate of drug-likeness (QED) is 0.760. The second kappa shape index (κ2) is 5.47. The predicted octanol–water partition coefficient (Wildman–Crippen LogP) is 4.04. The van der Waals surface area contributed by atoms with Gasteiger partial charge in [0.1, 0.15) is 5.92 Å². The van der Waals surface area contributed by atoms with Crippen molar-refractivity contribution in [2.75, 3.05) is 11.6 Å². The van der Waals surface area contributed by atoms with Crippen molar-refractivity contribution in [3.05, 3.63) is 27.7 Å². The van der Waals surface area contributed by atoms with E-state index in [9.17, 15) is 31.1 Å². The highest BCUT2D eigenvalue weighted by Gasteiger charge is 2.51. The summed E-state index contributed by atoms with van der Waals surface area (Å²) in [5.74, 6) is -3.71. The minimum Gasteiger partial charge on any atom is -0.272 e. The van der Waals surface area contributed by atoms with Crippen molar-refractivity contribution >= 4 is 34.8 Å². The zero-order valence-electron chi connectivity index (χ0n) is 10.3. The molecule has 0 spiro atoms. The molecule has 1 fully saturated rings. The highest BCUT2D eigenvalue weighted by atomic mass is 35.5. The number of benzene rings is 1. The molecule has 1 unspecified atom stereocenters. The number of hydrazine groups is 1. The predicted molar refractivity (Wildman–Crippen MR) is 66.5 cm³/mol. The monoisotopic (exact) mass is 366 g/mol. The Morgan fingerprint density at radius 3 is 1.95 bits per heavy atom. The van der Waals surface area contributed by atoms with Gasteiger partial charge in [-0.2, -0.15) is 26.3 Å². The summed E-state index contributed by atoms with van der Waals surface area (Å²) in [4.78, 5) is 11.7. The lowest BCUT2D eigenvalue weighted by Gasteiger charge is -2.21. The molecule has 3 nitrogen and oxygen atoms in total. The van der Waals surface area contributed by atoms with E-state index in [0.29, 0.717) is 17.1 Å². The van der Waals surface area contributed by atoms with Gasteiger partial charge in [0.2, 0.25) is 0 Å². The van der Waals surface area contributed by atoms with E-state index in [0.717, 1.165) is 0 Å². The topological polar surface area (TPSA) is 32.3 Å². The zero-order valence-corrected chi connectivity index (χ0v) is 11.8. The van der Waals surface area contributed by atoms with Crippen LogP contribution in [0.2, 0.25) is 10.0 Å². The second-order valence-corrected chi connectivity index (χ2v) is 5.23. The molecule has 1 heterocycles. The van der Waals surface area contributed by atoms with Crippen molar-refractivity contribution in [2.24, 2.45) is 5.92 Å². The van der Waals surface area contributed by atoms with Gasteiger partial charge < -0.3 is 0 Å². The number of hydrogen-bond donors (Lipinski definition) is 1. The maximum atomic E-state index is 12.6. The van der Waals surface area contributed by atoms with Gasteiger partial charge >= 0.3 is 12.4 Å². The first-order valence-electron chi connectivity index (χ1n) is 5.63. The summed E-state index contributed by atoms with van der Waals surface area (Å²) in [7, 11) is 0. The van der Waals surface area contributed by atoms with Gasteiger partial charge in [-0.15, -0.1) is 0 Å². The average Bonchev–Trinajstić information content (AvgIpc) is 2.69. The summed E-state index contributed by atoms with van der Waals surface area (Å²) in [5, 5.41) is -0.768. The Bertz CT molecular complexity index is 593. The van der Waals surface area contributed by atoms with Gasteiger partial charge in [0.25, 0.3) is 5.91 Å². The van der Waals surface area contributed by atoms with Crippen molar-refractivity contribution in [3.63, 3.8) is 0 Å². The van der Waals surface area contributed by atoms with Crippen molar-refractivity contribution < 1.29 is 31.1 Å². The van der Waals surface area contributed by atoms with Crippen LogP contribution in [-0.4, -0.2) is 18.6 Å². The smallest absolute Gasteiger partial charge is 0.272 e. The standard InChI is InChI=1S/C11H6Cl2F6N2O/c12-6-1-4(10(14,15)16)2-7(13)8(6)21-9(22)5(3-20-21)11(17,18)19/h1-2,5,20H,3H2. The summed E-state index contributed by atoms with van der Waals surface area (Å²) in [5.41, 5.74) is 0.506. The third-order valence-electron chi connectivity index (χ3n) is 2.93. The second-order valence-electron chi connectivity index (χ2n) is 4.42. The van der Waals surface area contributed by atoms with Gasteiger partial charge in [-0.25, -0.2) is 10.4 Å². The number of nitrogens with one attached hydrogen (secondary N) is 1. The average molecular weight is 367 g/mol. The molecule has 0 saturated carbocycles. The molecule has 22 heavy (non-hydrogen) atoms. The van der Waals surface area contributed by atoms with Crippen molar-refractivity contribution in [1.29, 1.82) is 0 Å². The number of carbonyl (C=O) groups is 1. The molecule has 1 saturated heterocycles. The van der Waals surface area contributed by atoms with E-state index < -0.39 is 52.0 Å². The van der Waals surface area contributed by atoms with Gasteiger partial charge in [-0.3, -0.25) is 4.79 Å². The van der Waals surface area contributed by atoms with Gasteiger partial charge in [0, 0.05) is 6.54 Å². The van der Waals surface area contributed by atoms with Crippen LogP contribution in [0.1, 0.15) is 5.56 Å². The molecule has 1 aliphatic rings. The Morgan fingerprint density at radius 2 is 1.59 bits per heavy atom. The summed E-state index contributed by atoms with van der Waals surface area (Å²) >= 11 is 11.3. The Balaban J connectivity index is 2.41. The minimum atomic E-state index is -4.79. The van der Waals surface area contributed by atoms with Crippen LogP contribution in [0.25, 0.3) is 0 Å². The summed E-state index contributed by atoms with van der Waals surface area (Å²) in [6, 6.07) is 0.970. The van der Waals surface area contributed by atoms with Gasteiger partial charge in [0.15, 0.2) is 0 Å². The van der Waals surface area contributed by atoms with Crippen molar-refractivity contribution in [3.8, 4) is 0 Å². The molecule has 1 aromatic carbocycles. The van der Waals surface area contributed by atoms with Crippen LogP contribution in [-0.2, 0) is 11.0 Å². The molecular formula is C11H6Cl2F6N2O. The van der Waals surface area contributed by atoms with E-state index in [1.165, 1.54) is 0 Å². The molecule has 122 valence electrons. The third kappa shape index (κ3) is 3.11. The molecule has 2 rings (SSSR count). The Kier molecular flexibility index (Phi) is 4.27. The molecular weight excluding hydrogens is 361 g/mol. The van der Waals surface area contributed by atoms with Crippen LogP contribution >= 0.6 is 23.2 Å². The third-order valence-corrected chi connectivity index (χ3v) is 3.51. The first-order chi connectivity index (χ1) is 9.93. The Hall–Kier alpha value is -1.19. The van der Waals surface area contributed by atoms with Crippen molar-refractivity contribution in [1.82, 2.24) is 5.43 Å². The van der Waals surface area contributed by atoms with Crippen molar-refractivity contribution in [2.45, 2.75) is 12.4 Å². The van der Waals surface area contributed by atoms with E-state index in [-0.39, 0.29) is 0 Å². The Labute approximate surface area is 129 Å². The van der Waals surface area contributed by atoms with Gasteiger partial charge in [-0.1, -0.05) is 23.2 Å². The lowest BCUT2D eigenvalue weighted by molar-refractivity contribution is -0.174. The normalized spacial score (nSPS) is 19.9. The van der Waals surface area contributed by atoms with E-state index >= 15 is 0 Å². The number of amides is 1. The first kappa shape index (κ1) is 17.2. The molecule has 11 heteroatoms. The fourth-order valence-corrected chi connectivity index (χ4v) is 2.55. The number of anilines is 1. The number of alkyl halides is 6. The largest absolute Gasteiger partial charge is 0.416 e. The summed E-state index contributed by atoms with van der Waals surface area (Å²) in [6.07, 6.45) is -9.52. The molecule has 0 radical (unpaired) electrons. The van der Waals surface area contributed by atoms with Crippen LogP contribution < -0.4 is 10.4 Å². The molecule has 0 aromatic heterocycles. The molecule has 1 N–H and O–H groups in total. The van der Waals surface area contributed by atoms with Crippen LogP contribution in [0.5, 0.6) is 0 Å². The highest BCUT2D eigenvalue weighted by Crippen LogP contribution is 2.42. The fourth-order valence-electron chi connectivity index (χ4n) is 1.89. The van der Waals surface area contributed by atoms with Gasteiger partial charge in [0.05, 0.1) is 21.3 Å². The van der Waals surface area contributed by atoms with E-state index in [1.54, 1.807) is 0 Å². The molecule has 1 amide bonds. The maximum absolute atomic E-state index is 12.6. The highest BCUT2D eigenvalue weighted by molar-refractivity contribution is 6.40. The number of carbonyl (C=O) groups excluding carboxylic acids is 1. The number of rotatable bonds is 1. The fraction of sp³-hybridized carbons (Fsp3) is 0.364. The zero-order chi connectivity index (χ0) is 16.9. The van der Waals surface area contributed by atoms with Gasteiger partial charge in [-0.05, 0) is 12.1 Å². The van der Waals surface area contributed by atoms with E-state index in [2.05, 4.69) is 5.43 Å². The number of hydrogen-bond acceptors (Lipinski definition) is 2. The van der Waals surface area contributed by atoms with Crippen LogP contribution in [0.15, 0.2) is 12.1 Å². The van der Waals surface area contributed by atoms with E-state index in [1.807, 2.05) is 0 Å². The van der Waals surface area contributed by atoms with Crippen LogP contribution in [0, 0.1) is 5.92 Å². The number of nitrogens with zero attached hydrogens (tertiary/aromatic N) is 1. The van der Waals surface area contributed by atoms with Crippen LogP contribution in [0.4, 0.5) is 32.0 Å². The SMILES string of the molecule is O=C1C(C(F)(F)F)CNN1c1c(Cl)cc(C(F)(F)F)cc1Cl. The number of halogens is 8.